The Morgan fingerprint density at radius 2 is 1.81 bits per heavy atom. The maximum Gasteiger partial charge on any atom is 0.264 e. The maximum absolute atomic E-state index is 13.4. The summed E-state index contributed by atoms with van der Waals surface area (Å²) in [5.74, 6) is -0.117. The van der Waals surface area contributed by atoms with Crippen LogP contribution in [-0.2, 0) is 19.6 Å². The van der Waals surface area contributed by atoms with Crippen molar-refractivity contribution in [3.8, 4) is 0 Å². The van der Waals surface area contributed by atoms with Gasteiger partial charge in [0.05, 0.1) is 8.48 Å². The highest BCUT2D eigenvalue weighted by molar-refractivity contribution is 14.1. The van der Waals surface area contributed by atoms with E-state index in [1.54, 1.807) is 31.4 Å². The zero-order chi connectivity index (χ0) is 20.0. The molecule has 2 rings (SSSR count). The molecule has 0 amide bonds. The number of carbonyl (C=O) groups is 1. The van der Waals surface area contributed by atoms with E-state index in [4.69, 9.17) is 4.74 Å². The van der Waals surface area contributed by atoms with Crippen molar-refractivity contribution >= 4 is 38.4 Å². The molecule has 27 heavy (non-hydrogen) atoms. The smallest absolute Gasteiger partial charge is 0.264 e. The van der Waals surface area contributed by atoms with Gasteiger partial charge in [-0.3, -0.25) is 9.10 Å². The fourth-order valence-corrected chi connectivity index (χ4v) is 6.00. The first-order chi connectivity index (χ1) is 12.8. The number of allylic oxidation sites excluding steroid dienone is 1. The highest BCUT2D eigenvalue weighted by Gasteiger charge is 2.44. The molecule has 0 bridgehead atoms. The molecule has 0 N–H and O–H groups in total. The lowest BCUT2D eigenvalue weighted by atomic mass is 10.1. The van der Waals surface area contributed by atoms with Crippen LogP contribution in [0.2, 0.25) is 0 Å². The number of halogens is 1. The van der Waals surface area contributed by atoms with Crippen LogP contribution in [0.15, 0.2) is 38.4 Å². The molecule has 7 heteroatoms. The molecule has 1 aliphatic heterocycles. The van der Waals surface area contributed by atoms with Gasteiger partial charge < -0.3 is 4.74 Å². The van der Waals surface area contributed by atoms with E-state index in [0.717, 1.165) is 31.2 Å². The SMILES string of the molecule is CCCCCCC1=C(I)C(=O)C(CCOC)N1S(=O)(=O)c1ccc(C)cc1. The quantitative estimate of drug-likeness (QED) is 0.345. The van der Waals surface area contributed by atoms with Gasteiger partial charge in [0.15, 0.2) is 5.78 Å². The summed E-state index contributed by atoms with van der Waals surface area (Å²) in [5.41, 5.74) is 1.63. The van der Waals surface area contributed by atoms with Gasteiger partial charge in [0.25, 0.3) is 10.0 Å². The summed E-state index contributed by atoms with van der Waals surface area (Å²) < 4.78 is 33.8. The largest absolute Gasteiger partial charge is 0.385 e. The molecule has 0 aliphatic carbocycles. The number of benzene rings is 1. The van der Waals surface area contributed by atoms with Crippen LogP contribution >= 0.6 is 22.6 Å². The van der Waals surface area contributed by atoms with Gasteiger partial charge in [0.2, 0.25) is 0 Å². The van der Waals surface area contributed by atoms with Crippen molar-refractivity contribution in [1.29, 1.82) is 0 Å². The molecule has 1 atom stereocenters. The fourth-order valence-electron chi connectivity index (χ4n) is 3.23. The first kappa shape index (κ1) is 22.4. The van der Waals surface area contributed by atoms with Crippen molar-refractivity contribution in [3.63, 3.8) is 0 Å². The predicted octanol–water partition coefficient (Wildman–Crippen LogP) is 4.59. The van der Waals surface area contributed by atoms with Crippen LogP contribution in [0.25, 0.3) is 0 Å². The van der Waals surface area contributed by atoms with E-state index >= 15 is 0 Å². The van der Waals surface area contributed by atoms with Gasteiger partial charge in [-0.15, -0.1) is 0 Å². The molecule has 0 aromatic heterocycles. The Morgan fingerprint density at radius 3 is 2.41 bits per heavy atom. The van der Waals surface area contributed by atoms with Crippen LogP contribution in [0, 0.1) is 6.92 Å². The van der Waals surface area contributed by atoms with Gasteiger partial charge in [-0.1, -0.05) is 43.9 Å². The first-order valence-corrected chi connectivity index (χ1v) is 11.9. The molecule has 0 saturated heterocycles. The number of hydrogen-bond donors (Lipinski definition) is 0. The third-order valence-electron chi connectivity index (χ3n) is 4.76. The summed E-state index contributed by atoms with van der Waals surface area (Å²) in [5, 5.41) is 0. The average molecular weight is 505 g/mol. The van der Waals surface area contributed by atoms with Crippen LogP contribution in [0.4, 0.5) is 0 Å². The fraction of sp³-hybridized carbons (Fsp3) is 0.550. The molecule has 0 saturated carbocycles. The minimum absolute atomic E-state index is 0.117. The molecule has 1 heterocycles. The van der Waals surface area contributed by atoms with Gasteiger partial charge in [0.1, 0.15) is 6.04 Å². The number of hydrogen-bond acceptors (Lipinski definition) is 4. The normalized spacial score (nSPS) is 17.9. The number of Topliss-reactive ketones (excluding diaryl/α,β-unsaturated/α-hetero) is 1. The molecule has 1 aromatic carbocycles. The minimum Gasteiger partial charge on any atom is -0.385 e. The van der Waals surface area contributed by atoms with Crippen molar-refractivity contribution in [2.45, 2.75) is 63.3 Å². The van der Waals surface area contributed by atoms with Crippen molar-refractivity contribution < 1.29 is 17.9 Å². The monoisotopic (exact) mass is 505 g/mol. The van der Waals surface area contributed by atoms with Crippen LogP contribution < -0.4 is 0 Å². The highest BCUT2D eigenvalue weighted by Crippen LogP contribution is 2.39. The second-order valence-electron chi connectivity index (χ2n) is 6.85. The Bertz CT molecular complexity index is 787. The number of nitrogens with zero attached hydrogens (tertiary/aromatic N) is 1. The van der Waals surface area contributed by atoms with E-state index in [0.29, 0.717) is 28.7 Å². The molecule has 1 aliphatic rings. The number of methoxy groups -OCH3 is 1. The Kier molecular flexibility index (Phi) is 8.30. The number of ketones is 1. The highest BCUT2D eigenvalue weighted by atomic mass is 127. The van der Waals surface area contributed by atoms with Crippen LogP contribution in [0.1, 0.15) is 51.0 Å². The molecular formula is C20H28INO4S. The van der Waals surface area contributed by atoms with Gasteiger partial charge in [0, 0.05) is 19.4 Å². The molecule has 0 fully saturated rings. The Morgan fingerprint density at radius 1 is 1.15 bits per heavy atom. The average Bonchev–Trinajstić information content (AvgIpc) is 2.89. The molecule has 0 spiro atoms. The number of sulfonamides is 1. The zero-order valence-electron chi connectivity index (χ0n) is 16.2. The van der Waals surface area contributed by atoms with Gasteiger partial charge in [-0.2, -0.15) is 0 Å². The number of rotatable bonds is 10. The predicted molar refractivity (Wildman–Crippen MR) is 115 cm³/mol. The van der Waals surface area contributed by atoms with E-state index in [1.165, 1.54) is 4.31 Å². The van der Waals surface area contributed by atoms with E-state index < -0.39 is 16.1 Å². The first-order valence-electron chi connectivity index (χ1n) is 9.37. The van der Waals surface area contributed by atoms with E-state index in [9.17, 15) is 13.2 Å². The lowest BCUT2D eigenvalue weighted by molar-refractivity contribution is -0.117. The van der Waals surface area contributed by atoms with E-state index in [2.05, 4.69) is 6.92 Å². The van der Waals surface area contributed by atoms with Gasteiger partial charge in [-0.05, 0) is 60.9 Å². The van der Waals surface area contributed by atoms with Crippen molar-refractivity contribution in [2.75, 3.05) is 13.7 Å². The van der Waals surface area contributed by atoms with Crippen molar-refractivity contribution in [1.82, 2.24) is 4.31 Å². The number of aryl methyl sites for hydroxylation is 1. The lowest BCUT2D eigenvalue weighted by Gasteiger charge is -2.28. The molecular weight excluding hydrogens is 477 g/mol. The van der Waals surface area contributed by atoms with E-state index in [-0.39, 0.29) is 10.7 Å². The molecule has 1 unspecified atom stereocenters. The van der Waals surface area contributed by atoms with Crippen LogP contribution in [-0.4, -0.2) is 38.3 Å². The van der Waals surface area contributed by atoms with Gasteiger partial charge >= 0.3 is 0 Å². The maximum atomic E-state index is 13.4. The van der Waals surface area contributed by atoms with Crippen LogP contribution in [0.5, 0.6) is 0 Å². The zero-order valence-corrected chi connectivity index (χ0v) is 19.2. The number of unbranched alkanes of at least 4 members (excludes halogenated alkanes) is 3. The Balaban J connectivity index is 2.40. The Labute approximate surface area is 176 Å². The van der Waals surface area contributed by atoms with Gasteiger partial charge in [-0.25, -0.2) is 8.42 Å². The van der Waals surface area contributed by atoms with Crippen molar-refractivity contribution in [3.05, 3.63) is 39.1 Å². The summed E-state index contributed by atoms with van der Waals surface area (Å²) in [4.78, 5) is 13.0. The summed E-state index contributed by atoms with van der Waals surface area (Å²) >= 11 is 2.01. The Hall–Kier alpha value is -0.930. The van der Waals surface area contributed by atoms with E-state index in [1.807, 2.05) is 29.5 Å². The third-order valence-corrected chi connectivity index (χ3v) is 7.78. The summed E-state index contributed by atoms with van der Waals surface area (Å²) in [6.07, 6.45) is 5.07. The summed E-state index contributed by atoms with van der Waals surface area (Å²) in [6, 6.07) is 6.07. The molecule has 1 aromatic rings. The molecule has 150 valence electrons. The topological polar surface area (TPSA) is 63.7 Å². The van der Waals surface area contributed by atoms with Crippen LogP contribution in [0.3, 0.4) is 0 Å². The lowest BCUT2D eigenvalue weighted by Crippen LogP contribution is -2.40. The third kappa shape index (κ3) is 5.12. The van der Waals surface area contributed by atoms with Crippen molar-refractivity contribution in [2.24, 2.45) is 0 Å². The standard InChI is InChI=1S/C20H28INO4S/c1-4-5-6-7-8-17-19(21)20(23)18(13-14-26-3)22(17)27(24,25)16-11-9-15(2)10-12-16/h9-12,18H,4-8,13-14H2,1-3H3. The second-order valence-corrected chi connectivity index (χ2v) is 9.74. The second kappa shape index (κ2) is 10.0. The summed E-state index contributed by atoms with van der Waals surface area (Å²) in [7, 11) is -2.24. The summed E-state index contributed by atoms with van der Waals surface area (Å²) in [6.45, 7) is 4.39. The molecule has 0 radical (unpaired) electrons. The molecule has 5 nitrogen and oxygen atoms in total. The minimum atomic E-state index is -3.80. The number of carbonyl (C=O) groups excluding carboxylic acids is 1. The number of ether oxygens (including phenoxy) is 1.